The Morgan fingerprint density at radius 1 is 1.50 bits per heavy atom. The molecule has 0 saturated carbocycles. The van der Waals surface area contributed by atoms with Gasteiger partial charge in [-0.1, -0.05) is 6.92 Å². The third kappa shape index (κ3) is 3.11. The van der Waals surface area contributed by atoms with Gasteiger partial charge in [-0.25, -0.2) is 13.1 Å². The lowest BCUT2D eigenvalue weighted by Gasteiger charge is -2.11. The fraction of sp³-hybridized carbons (Fsp3) is 0.545. The van der Waals surface area contributed by atoms with Crippen molar-refractivity contribution in [3.8, 4) is 0 Å². The molecule has 0 fully saturated rings. The molecule has 1 heterocycles. The number of aryl methyl sites for hydroxylation is 1. The van der Waals surface area contributed by atoms with Crippen LogP contribution in [0.2, 0.25) is 0 Å². The number of hydrogen-bond acceptors (Lipinski definition) is 3. The SMILES string of the molecule is CCC(C)NC(=O)c1cc(S(=O)(=O)NC)cn1C. The summed E-state index contributed by atoms with van der Waals surface area (Å²) in [6.45, 7) is 3.86. The van der Waals surface area contributed by atoms with Crippen molar-refractivity contribution in [2.45, 2.75) is 31.2 Å². The predicted molar refractivity (Wildman–Crippen MR) is 68.9 cm³/mol. The molecule has 0 aliphatic heterocycles. The number of nitrogens with one attached hydrogen (secondary N) is 2. The van der Waals surface area contributed by atoms with Gasteiger partial charge in [-0.15, -0.1) is 0 Å². The number of sulfonamides is 1. The number of aromatic nitrogens is 1. The summed E-state index contributed by atoms with van der Waals surface area (Å²) in [5, 5.41) is 2.79. The Kier molecular flexibility index (Phi) is 4.53. The minimum absolute atomic E-state index is 0.0526. The van der Waals surface area contributed by atoms with E-state index in [2.05, 4.69) is 10.0 Å². The van der Waals surface area contributed by atoms with Gasteiger partial charge < -0.3 is 9.88 Å². The van der Waals surface area contributed by atoms with Gasteiger partial charge in [0, 0.05) is 19.3 Å². The fourth-order valence-electron chi connectivity index (χ4n) is 1.42. The number of amides is 1. The summed E-state index contributed by atoms with van der Waals surface area (Å²) in [5.74, 6) is -0.274. The molecule has 1 atom stereocenters. The molecule has 0 aliphatic rings. The zero-order chi connectivity index (χ0) is 13.9. The molecule has 0 saturated heterocycles. The van der Waals surface area contributed by atoms with Crippen molar-refractivity contribution in [2.75, 3.05) is 7.05 Å². The van der Waals surface area contributed by atoms with Crippen LogP contribution in [0, 0.1) is 0 Å². The van der Waals surface area contributed by atoms with Crippen LogP contribution >= 0.6 is 0 Å². The van der Waals surface area contributed by atoms with Crippen LogP contribution in [-0.4, -0.2) is 32.0 Å². The molecule has 1 amide bonds. The Hall–Kier alpha value is -1.34. The molecular formula is C11H19N3O3S. The minimum Gasteiger partial charge on any atom is -0.348 e. The summed E-state index contributed by atoms with van der Waals surface area (Å²) in [4.78, 5) is 12.0. The van der Waals surface area contributed by atoms with Crippen molar-refractivity contribution in [2.24, 2.45) is 7.05 Å². The lowest BCUT2D eigenvalue weighted by atomic mass is 10.2. The highest BCUT2D eigenvalue weighted by molar-refractivity contribution is 7.89. The largest absolute Gasteiger partial charge is 0.348 e. The Balaban J connectivity index is 3.02. The molecule has 18 heavy (non-hydrogen) atoms. The number of carbonyl (C=O) groups excluding carboxylic acids is 1. The number of hydrogen-bond donors (Lipinski definition) is 2. The minimum atomic E-state index is -3.52. The van der Waals surface area contributed by atoms with Gasteiger partial charge >= 0.3 is 0 Å². The second-order valence-corrected chi connectivity index (χ2v) is 6.05. The molecule has 6 nitrogen and oxygen atoms in total. The lowest BCUT2D eigenvalue weighted by Crippen LogP contribution is -2.33. The van der Waals surface area contributed by atoms with Crippen molar-refractivity contribution in [3.63, 3.8) is 0 Å². The maximum atomic E-state index is 11.9. The number of rotatable bonds is 5. The first-order chi connectivity index (χ1) is 8.31. The Labute approximate surface area is 107 Å². The van der Waals surface area contributed by atoms with Gasteiger partial charge in [-0.3, -0.25) is 4.79 Å². The average molecular weight is 273 g/mol. The topological polar surface area (TPSA) is 80.2 Å². The third-order valence-electron chi connectivity index (χ3n) is 2.78. The summed E-state index contributed by atoms with van der Waals surface area (Å²) in [5.41, 5.74) is 0.323. The van der Waals surface area contributed by atoms with Gasteiger partial charge in [0.2, 0.25) is 10.0 Å². The molecule has 7 heteroatoms. The Morgan fingerprint density at radius 3 is 2.61 bits per heavy atom. The van der Waals surface area contributed by atoms with Crippen LogP contribution in [0.3, 0.4) is 0 Å². The van der Waals surface area contributed by atoms with E-state index in [0.29, 0.717) is 5.69 Å². The molecular weight excluding hydrogens is 254 g/mol. The van der Waals surface area contributed by atoms with E-state index in [9.17, 15) is 13.2 Å². The summed E-state index contributed by atoms with van der Waals surface area (Å²) in [7, 11) is -0.545. The summed E-state index contributed by atoms with van der Waals surface area (Å²) in [6.07, 6.45) is 2.23. The Morgan fingerprint density at radius 2 is 2.11 bits per heavy atom. The second-order valence-electron chi connectivity index (χ2n) is 4.16. The molecule has 0 spiro atoms. The highest BCUT2D eigenvalue weighted by Crippen LogP contribution is 2.13. The van der Waals surface area contributed by atoms with E-state index in [1.165, 1.54) is 23.9 Å². The van der Waals surface area contributed by atoms with Crippen LogP contribution < -0.4 is 10.0 Å². The van der Waals surface area contributed by atoms with Crippen molar-refractivity contribution in [3.05, 3.63) is 18.0 Å². The molecule has 1 aromatic heterocycles. The summed E-state index contributed by atoms with van der Waals surface area (Å²) < 4.78 is 26.9. The van der Waals surface area contributed by atoms with Gasteiger partial charge in [0.1, 0.15) is 10.6 Å². The average Bonchev–Trinajstić information content (AvgIpc) is 2.71. The van der Waals surface area contributed by atoms with Crippen molar-refractivity contribution >= 4 is 15.9 Å². The van der Waals surface area contributed by atoms with Crippen LogP contribution in [-0.2, 0) is 17.1 Å². The molecule has 1 aromatic rings. The van der Waals surface area contributed by atoms with E-state index in [1.807, 2.05) is 13.8 Å². The van der Waals surface area contributed by atoms with Gasteiger partial charge in [0.25, 0.3) is 5.91 Å². The third-order valence-corrected chi connectivity index (χ3v) is 4.16. The van der Waals surface area contributed by atoms with Crippen LogP contribution in [0.1, 0.15) is 30.8 Å². The predicted octanol–water partition coefficient (Wildman–Crippen LogP) is 0.461. The fourth-order valence-corrected chi connectivity index (χ4v) is 2.22. The van der Waals surface area contributed by atoms with Crippen molar-refractivity contribution in [1.29, 1.82) is 0 Å². The van der Waals surface area contributed by atoms with Crippen LogP contribution in [0.5, 0.6) is 0 Å². The molecule has 0 bridgehead atoms. The Bertz CT molecular complexity index is 534. The molecule has 1 rings (SSSR count). The van der Waals surface area contributed by atoms with Crippen LogP contribution in [0.15, 0.2) is 17.2 Å². The molecule has 2 N–H and O–H groups in total. The first-order valence-corrected chi connectivity index (χ1v) is 7.21. The second kappa shape index (κ2) is 5.53. The monoisotopic (exact) mass is 273 g/mol. The quantitative estimate of drug-likeness (QED) is 0.818. The van der Waals surface area contributed by atoms with Gasteiger partial charge in [0.05, 0.1) is 0 Å². The molecule has 0 aliphatic carbocycles. The van der Waals surface area contributed by atoms with E-state index >= 15 is 0 Å². The molecule has 0 radical (unpaired) electrons. The highest BCUT2D eigenvalue weighted by atomic mass is 32.2. The highest BCUT2D eigenvalue weighted by Gasteiger charge is 2.19. The lowest BCUT2D eigenvalue weighted by molar-refractivity contribution is 0.0931. The zero-order valence-corrected chi connectivity index (χ0v) is 11.8. The number of carbonyl (C=O) groups is 1. The van der Waals surface area contributed by atoms with Crippen LogP contribution in [0.25, 0.3) is 0 Å². The molecule has 0 aromatic carbocycles. The van der Waals surface area contributed by atoms with Gasteiger partial charge in [-0.2, -0.15) is 0 Å². The van der Waals surface area contributed by atoms with E-state index in [0.717, 1.165) is 6.42 Å². The standard InChI is InChI=1S/C11H19N3O3S/c1-5-8(2)13-11(15)10-6-9(7-14(10)4)18(16,17)12-3/h6-8,12H,5H2,1-4H3,(H,13,15). The zero-order valence-electron chi connectivity index (χ0n) is 11.0. The van der Waals surface area contributed by atoms with Crippen molar-refractivity contribution < 1.29 is 13.2 Å². The van der Waals surface area contributed by atoms with E-state index in [-0.39, 0.29) is 16.8 Å². The maximum absolute atomic E-state index is 11.9. The van der Waals surface area contributed by atoms with Gasteiger partial charge in [-0.05, 0) is 26.5 Å². The van der Waals surface area contributed by atoms with Crippen molar-refractivity contribution in [1.82, 2.24) is 14.6 Å². The first-order valence-electron chi connectivity index (χ1n) is 5.72. The maximum Gasteiger partial charge on any atom is 0.268 e. The summed E-state index contributed by atoms with van der Waals surface area (Å²) >= 11 is 0. The van der Waals surface area contributed by atoms with Gasteiger partial charge in [0.15, 0.2) is 0 Å². The molecule has 102 valence electrons. The van der Waals surface area contributed by atoms with Crippen LogP contribution in [0.4, 0.5) is 0 Å². The normalized spacial score (nSPS) is 13.3. The summed E-state index contributed by atoms with van der Waals surface area (Å²) in [6, 6.07) is 1.42. The smallest absolute Gasteiger partial charge is 0.268 e. The van der Waals surface area contributed by atoms with E-state index < -0.39 is 10.0 Å². The first kappa shape index (κ1) is 14.7. The number of nitrogens with zero attached hydrogens (tertiary/aromatic N) is 1. The van der Waals surface area contributed by atoms with E-state index in [4.69, 9.17) is 0 Å². The molecule has 1 unspecified atom stereocenters. The van der Waals surface area contributed by atoms with E-state index in [1.54, 1.807) is 7.05 Å².